The zero-order valence-electron chi connectivity index (χ0n) is 10.2. The molecule has 0 saturated heterocycles. The van der Waals surface area contributed by atoms with Gasteiger partial charge in [0.15, 0.2) is 5.17 Å². The number of nitrogens with zero attached hydrogens (tertiary/aromatic N) is 2. The maximum Gasteiger partial charge on any atom is 0.243 e. The van der Waals surface area contributed by atoms with Crippen LogP contribution in [0.15, 0.2) is 29.3 Å². The van der Waals surface area contributed by atoms with Gasteiger partial charge >= 0.3 is 0 Å². The minimum atomic E-state index is -0.0651. The van der Waals surface area contributed by atoms with E-state index in [0.717, 1.165) is 10.9 Å². The molecular formula is C13H15ClN2OS. The Labute approximate surface area is 116 Å². The monoisotopic (exact) mass is 282 g/mol. The molecule has 5 heteroatoms. The molecule has 1 aliphatic rings. The Morgan fingerprint density at radius 3 is 3.11 bits per heavy atom. The summed E-state index contributed by atoms with van der Waals surface area (Å²) in [5, 5.41) is 0.794. The molecule has 18 heavy (non-hydrogen) atoms. The van der Waals surface area contributed by atoms with Crippen molar-refractivity contribution in [3.8, 4) is 0 Å². The van der Waals surface area contributed by atoms with Crippen LogP contribution in [0.25, 0.3) is 0 Å². The summed E-state index contributed by atoms with van der Waals surface area (Å²) in [6.45, 7) is 3.41. The molecule has 1 amide bonds. The molecule has 0 atom stereocenters. The van der Waals surface area contributed by atoms with E-state index in [2.05, 4.69) is 30.1 Å². The Morgan fingerprint density at radius 1 is 1.56 bits per heavy atom. The molecule has 1 aliphatic heterocycles. The summed E-state index contributed by atoms with van der Waals surface area (Å²) < 4.78 is 0. The Bertz CT molecular complexity index is 476. The predicted molar refractivity (Wildman–Crippen MR) is 77.2 cm³/mol. The first-order valence-electron chi connectivity index (χ1n) is 5.80. The second-order valence-electron chi connectivity index (χ2n) is 4.12. The zero-order chi connectivity index (χ0) is 13.0. The van der Waals surface area contributed by atoms with Gasteiger partial charge in [0.25, 0.3) is 0 Å². The van der Waals surface area contributed by atoms with Gasteiger partial charge in [0, 0.05) is 12.3 Å². The molecule has 0 fully saturated rings. The van der Waals surface area contributed by atoms with Crippen molar-refractivity contribution in [3.63, 3.8) is 0 Å². The minimum Gasteiger partial charge on any atom is -0.289 e. The van der Waals surface area contributed by atoms with Gasteiger partial charge in [-0.25, -0.2) is 0 Å². The van der Waals surface area contributed by atoms with Crippen molar-refractivity contribution in [2.75, 3.05) is 19.0 Å². The van der Waals surface area contributed by atoms with E-state index in [0.29, 0.717) is 13.1 Å². The summed E-state index contributed by atoms with van der Waals surface area (Å²) in [5.41, 5.74) is 2.49. The number of aryl methyl sites for hydroxylation is 1. The van der Waals surface area contributed by atoms with Crippen LogP contribution in [0.4, 0.5) is 0 Å². The number of rotatable bonds is 3. The quantitative estimate of drug-likeness (QED) is 0.799. The van der Waals surface area contributed by atoms with E-state index in [9.17, 15) is 4.79 Å². The Kier molecular flexibility index (Phi) is 4.66. The highest BCUT2D eigenvalue weighted by atomic mass is 35.5. The number of carbonyl (C=O) groups is 1. The maximum absolute atomic E-state index is 11.6. The molecule has 3 nitrogen and oxygen atoms in total. The summed E-state index contributed by atoms with van der Waals surface area (Å²) in [6.07, 6.45) is 0. The van der Waals surface area contributed by atoms with E-state index in [1.807, 2.05) is 6.07 Å². The van der Waals surface area contributed by atoms with Gasteiger partial charge in [0.05, 0.1) is 6.54 Å². The summed E-state index contributed by atoms with van der Waals surface area (Å²) in [6, 6.07) is 8.35. The lowest BCUT2D eigenvalue weighted by atomic mass is 10.2. The Balaban J connectivity index is 1.96. The van der Waals surface area contributed by atoms with E-state index in [1.54, 1.807) is 16.7 Å². The molecule has 0 aliphatic carbocycles. The molecule has 1 heterocycles. The highest BCUT2D eigenvalue weighted by Gasteiger charge is 2.22. The van der Waals surface area contributed by atoms with Crippen LogP contribution in [-0.4, -0.2) is 34.9 Å². The van der Waals surface area contributed by atoms with E-state index >= 15 is 0 Å². The molecule has 0 aromatic heterocycles. The average molecular weight is 283 g/mol. The second kappa shape index (κ2) is 6.25. The van der Waals surface area contributed by atoms with E-state index < -0.39 is 0 Å². The fraction of sp³-hybridized carbons (Fsp3) is 0.385. The number of amidine groups is 1. The van der Waals surface area contributed by atoms with Gasteiger partial charge in [0.2, 0.25) is 5.91 Å². The average Bonchev–Trinajstić information content (AvgIpc) is 2.84. The number of benzene rings is 1. The molecule has 0 bridgehead atoms. The second-order valence-corrected chi connectivity index (χ2v) is 5.33. The SMILES string of the molecule is Cc1cccc(CSC2=NCCN2C(=O)CCl)c1. The largest absolute Gasteiger partial charge is 0.289 e. The molecule has 0 saturated carbocycles. The number of carbonyl (C=O) groups excluding carboxylic acids is 1. The number of amides is 1. The molecule has 0 radical (unpaired) electrons. The van der Waals surface area contributed by atoms with Crippen molar-refractivity contribution < 1.29 is 4.79 Å². The molecule has 0 N–H and O–H groups in total. The van der Waals surface area contributed by atoms with Gasteiger partial charge in [-0.05, 0) is 12.5 Å². The summed E-state index contributed by atoms with van der Waals surface area (Å²) in [4.78, 5) is 17.6. The molecule has 0 spiro atoms. The smallest absolute Gasteiger partial charge is 0.243 e. The number of aliphatic imine (C=N–C) groups is 1. The van der Waals surface area contributed by atoms with Crippen LogP contribution in [0.1, 0.15) is 11.1 Å². The van der Waals surface area contributed by atoms with Crippen molar-refractivity contribution in [2.45, 2.75) is 12.7 Å². The Morgan fingerprint density at radius 2 is 2.39 bits per heavy atom. The van der Waals surface area contributed by atoms with Gasteiger partial charge in [-0.15, -0.1) is 11.6 Å². The summed E-state index contributed by atoms with van der Waals surface area (Å²) in [7, 11) is 0. The molecule has 0 unspecified atom stereocenters. The number of hydrogen-bond acceptors (Lipinski definition) is 3. The summed E-state index contributed by atoms with van der Waals surface area (Å²) >= 11 is 7.17. The van der Waals surface area contributed by atoms with Crippen LogP contribution in [0.3, 0.4) is 0 Å². The normalized spacial score (nSPS) is 14.8. The minimum absolute atomic E-state index is 0.0179. The lowest BCUT2D eigenvalue weighted by Crippen LogP contribution is -2.33. The molecular weight excluding hydrogens is 268 g/mol. The predicted octanol–water partition coefficient (Wildman–Crippen LogP) is 2.67. The first-order valence-corrected chi connectivity index (χ1v) is 7.32. The highest BCUT2D eigenvalue weighted by Crippen LogP contribution is 2.20. The standard InChI is InChI=1S/C13H15ClN2OS/c1-10-3-2-4-11(7-10)9-18-13-15-5-6-16(13)12(17)8-14/h2-4,7H,5-6,8-9H2,1H3. The van der Waals surface area contributed by atoms with Crippen molar-refractivity contribution >= 4 is 34.4 Å². The lowest BCUT2D eigenvalue weighted by Gasteiger charge is -2.16. The van der Waals surface area contributed by atoms with Crippen molar-refractivity contribution in [1.29, 1.82) is 0 Å². The van der Waals surface area contributed by atoms with Crippen molar-refractivity contribution in [1.82, 2.24) is 4.90 Å². The van der Waals surface area contributed by atoms with Gasteiger partial charge in [0.1, 0.15) is 5.88 Å². The van der Waals surface area contributed by atoms with Crippen LogP contribution in [-0.2, 0) is 10.5 Å². The first-order chi connectivity index (χ1) is 8.70. The summed E-state index contributed by atoms with van der Waals surface area (Å²) in [5.74, 6) is 0.779. The number of thioether (sulfide) groups is 1. The first kappa shape index (κ1) is 13.4. The number of halogens is 1. The van der Waals surface area contributed by atoms with Gasteiger partial charge < -0.3 is 0 Å². The van der Waals surface area contributed by atoms with Crippen molar-refractivity contribution in [3.05, 3.63) is 35.4 Å². The molecule has 2 rings (SSSR count). The van der Waals surface area contributed by atoms with Crippen molar-refractivity contribution in [2.24, 2.45) is 4.99 Å². The van der Waals surface area contributed by atoms with Crippen LogP contribution < -0.4 is 0 Å². The molecule has 1 aromatic rings. The third kappa shape index (κ3) is 3.27. The third-order valence-electron chi connectivity index (χ3n) is 2.67. The lowest BCUT2D eigenvalue weighted by molar-refractivity contribution is -0.124. The van der Waals surface area contributed by atoms with Crippen LogP contribution in [0.2, 0.25) is 0 Å². The van der Waals surface area contributed by atoms with E-state index in [4.69, 9.17) is 11.6 Å². The van der Waals surface area contributed by atoms with Crippen LogP contribution in [0.5, 0.6) is 0 Å². The number of alkyl halides is 1. The van der Waals surface area contributed by atoms with Gasteiger partial charge in [-0.2, -0.15) is 0 Å². The van der Waals surface area contributed by atoms with Crippen LogP contribution >= 0.6 is 23.4 Å². The maximum atomic E-state index is 11.6. The Hall–Kier alpha value is -1.00. The topological polar surface area (TPSA) is 32.7 Å². The fourth-order valence-corrected chi connectivity index (χ4v) is 2.95. The van der Waals surface area contributed by atoms with E-state index in [-0.39, 0.29) is 11.8 Å². The molecule has 96 valence electrons. The van der Waals surface area contributed by atoms with Crippen LogP contribution in [0, 0.1) is 6.92 Å². The zero-order valence-corrected chi connectivity index (χ0v) is 11.8. The number of hydrogen-bond donors (Lipinski definition) is 0. The van der Waals surface area contributed by atoms with Gasteiger partial charge in [-0.1, -0.05) is 41.6 Å². The highest BCUT2D eigenvalue weighted by molar-refractivity contribution is 8.13. The fourth-order valence-electron chi connectivity index (χ4n) is 1.80. The van der Waals surface area contributed by atoms with E-state index in [1.165, 1.54) is 11.1 Å². The van der Waals surface area contributed by atoms with Gasteiger partial charge in [-0.3, -0.25) is 14.7 Å². The third-order valence-corrected chi connectivity index (χ3v) is 3.98. The molecule has 1 aromatic carbocycles.